The molecular weight excluding hydrogens is 290 g/mol. The van der Waals surface area contributed by atoms with Crippen LogP contribution in [0.3, 0.4) is 0 Å². The van der Waals surface area contributed by atoms with Crippen LogP contribution >= 0.6 is 0 Å². The Hall–Kier alpha value is -1.63. The fraction of sp³-hybridized carbons (Fsp3) is 0.500. The zero-order valence-electron chi connectivity index (χ0n) is 11.3. The standard InChI is InChI=1S/C14H15F4NO2/c1-8(10-4-5-21-7-10)19-13(20)9-2-3-12(15)11(6-9)14(16,17)18/h2-3,6,8,10H,4-5,7H2,1H3,(H,19,20). The molecule has 1 aliphatic rings. The number of benzene rings is 1. The normalized spacial score (nSPS) is 20.3. The van der Waals surface area contributed by atoms with Crippen molar-refractivity contribution in [2.75, 3.05) is 13.2 Å². The SMILES string of the molecule is CC(NC(=O)c1ccc(F)c(C(F)(F)F)c1)C1CCOC1. The number of nitrogens with one attached hydrogen (secondary N) is 1. The predicted molar refractivity (Wildman–Crippen MR) is 67.3 cm³/mol. The Bertz CT molecular complexity index is 524. The van der Waals surface area contributed by atoms with Gasteiger partial charge in [0.05, 0.1) is 12.2 Å². The van der Waals surface area contributed by atoms with Gasteiger partial charge in [0.1, 0.15) is 5.82 Å². The van der Waals surface area contributed by atoms with E-state index in [2.05, 4.69) is 5.32 Å². The summed E-state index contributed by atoms with van der Waals surface area (Å²) in [6.07, 6.45) is -4.04. The van der Waals surface area contributed by atoms with E-state index in [9.17, 15) is 22.4 Å². The first-order chi connectivity index (χ1) is 9.79. The van der Waals surface area contributed by atoms with Crippen molar-refractivity contribution in [3.63, 3.8) is 0 Å². The van der Waals surface area contributed by atoms with Crippen molar-refractivity contribution in [1.82, 2.24) is 5.32 Å². The second kappa shape index (κ2) is 6.01. The Labute approximate surface area is 119 Å². The fourth-order valence-corrected chi connectivity index (χ4v) is 2.24. The lowest BCUT2D eigenvalue weighted by molar-refractivity contribution is -0.140. The number of amides is 1. The number of rotatable bonds is 3. The van der Waals surface area contributed by atoms with E-state index in [0.717, 1.165) is 12.5 Å². The Kier molecular flexibility index (Phi) is 4.51. The molecule has 0 saturated carbocycles. The molecule has 7 heteroatoms. The van der Waals surface area contributed by atoms with Crippen LogP contribution in [0.2, 0.25) is 0 Å². The number of alkyl halides is 3. The monoisotopic (exact) mass is 305 g/mol. The molecule has 116 valence electrons. The van der Waals surface area contributed by atoms with Gasteiger partial charge in [0.2, 0.25) is 0 Å². The first kappa shape index (κ1) is 15.8. The minimum Gasteiger partial charge on any atom is -0.381 e. The Morgan fingerprint density at radius 3 is 2.71 bits per heavy atom. The molecule has 21 heavy (non-hydrogen) atoms. The molecule has 0 radical (unpaired) electrons. The molecule has 2 atom stereocenters. The maximum absolute atomic E-state index is 13.2. The quantitative estimate of drug-likeness (QED) is 0.872. The van der Waals surface area contributed by atoms with Crippen LogP contribution < -0.4 is 5.32 Å². The van der Waals surface area contributed by atoms with Gasteiger partial charge < -0.3 is 10.1 Å². The molecule has 1 aromatic carbocycles. The lowest BCUT2D eigenvalue weighted by Crippen LogP contribution is -2.38. The molecule has 3 nitrogen and oxygen atoms in total. The van der Waals surface area contributed by atoms with Crippen LogP contribution in [-0.4, -0.2) is 25.2 Å². The van der Waals surface area contributed by atoms with Crippen molar-refractivity contribution in [3.8, 4) is 0 Å². The van der Waals surface area contributed by atoms with E-state index in [1.54, 1.807) is 6.92 Å². The third-order valence-corrected chi connectivity index (χ3v) is 3.56. The largest absolute Gasteiger partial charge is 0.419 e. The second-order valence-electron chi connectivity index (χ2n) is 5.08. The van der Waals surface area contributed by atoms with Gasteiger partial charge >= 0.3 is 6.18 Å². The van der Waals surface area contributed by atoms with Crippen LogP contribution in [0.25, 0.3) is 0 Å². The summed E-state index contributed by atoms with van der Waals surface area (Å²) < 4.78 is 56.2. The van der Waals surface area contributed by atoms with E-state index in [1.807, 2.05) is 0 Å². The average molecular weight is 305 g/mol. The van der Waals surface area contributed by atoms with Gasteiger partial charge in [0, 0.05) is 24.1 Å². The first-order valence-electron chi connectivity index (χ1n) is 6.54. The maximum atomic E-state index is 13.2. The number of carbonyl (C=O) groups excluding carboxylic acids is 1. The summed E-state index contributed by atoms with van der Waals surface area (Å²) in [7, 11) is 0. The average Bonchev–Trinajstić information content (AvgIpc) is 2.91. The number of carbonyl (C=O) groups is 1. The smallest absolute Gasteiger partial charge is 0.381 e. The lowest BCUT2D eigenvalue weighted by atomic mass is 10.00. The molecule has 1 amide bonds. The topological polar surface area (TPSA) is 38.3 Å². The molecule has 0 spiro atoms. The van der Waals surface area contributed by atoms with Gasteiger partial charge in [-0.1, -0.05) is 0 Å². The third-order valence-electron chi connectivity index (χ3n) is 3.56. The fourth-order valence-electron chi connectivity index (χ4n) is 2.24. The van der Waals surface area contributed by atoms with Gasteiger partial charge in [-0.05, 0) is 31.5 Å². The van der Waals surface area contributed by atoms with E-state index in [-0.39, 0.29) is 17.5 Å². The summed E-state index contributed by atoms with van der Waals surface area (Å²) in [5, 5.41) is 2.63. The molecule has 0 bridgehead atoms. The van der Waals surface area contributed by atoms with Crippen molar-refractivity contribution >= 4 is 5.91 Å². The predicted octanol–water partition coefficient (Wildman–Crippen LogP) is 3.00. The highest BCUT2D eigenvalue weighted by Crippen LogP contribution is 2.32. The minimum atomic E-state index is -4.83. The number of hydrogen-bond donors (Lipinski definition) is 1. The van der Waals surface area contributed by atoms with Crippen molar-refractivity contribution in [3.05, 3.63) is 35.1 Å². The van der Waals surface area contributed by atoms with E-state index < -0.39 is 23.5 Å². The van der Waals surface area contributed by atoms with Gasteiger partial charge in [-0.25, -0.2) is 4.39 Å². The molecule has 2 rings (SSSR count). The number of ether oxygens (including phenoxy) is 1. The molecule has 1 aliphatic heterocycles. The van der Waals surface area contributed by atoms with Crippen LogP contribution in [0.4, 0.5) is 17.6 Å². The van der Waals surface area contributed by atoms with Crippen LogP contribution in [0.5, 0.6) is 0 Å². The third kappa shape index (κ3) is 3.72. The number of hydrogen-bond acceptors (Lipinski definition) is 2. The van der Waals surface area contributed by atoms with Crippen LogP contribution in [0.15, 0.2) is 18.2 Å². The highest BCUT2D eigenvalue weighted by Gasteiger charge is 2.35. The molecule has 1 saturated heterocycles. The number of halogens is 4. The van der Waals surface area contributed by atoms with E-state index in [1.165, 1.54) is 0 Å². The molecule has 1 aromatic rings. The molecule has 0 aromatic heterocycles. The lowest BCUT2D eigenvalue weighted by Gasteiger charge is -2.19. The van der Waals surface area contributed by atoms with E-state index >= 15 is 0 Å². The minimum absolute atomic E-state index is 0.136. The van der Waals surface area contributed by atoms with E-state index in [0.29, 0.717) is 25.3 Å². The molecule has 0 aliphatic carbocycles. The summed E-state index contributed by atoms with van der Waals surface area (Å²) in [5.41, 5.74) is -1.65. The van der Waals surface area contributed by atoms with Crippen LogP contribution in [0.1, 0.15) is 29.3 Å². The zero-order chi connectivity index (χ0) is 15.6. The first-order valence-corrected chi connectivity index (χ1v) is 6.54. The van der Waals surface area contributed by atoms with E-state index in [4.69, 9.17) is 4.74 Å². The second-order valence-corrected chi connectivity index (χ2v) is 5.08. The molecule has 2 unspecified atom stereocenters. The molecule has 1 fully saturated rings. The van der Waals surface area contributed by atoms with Gasteiger partial charge in [-0.3, -0.25) is 4.79 Å². The Morgan fingerprint density at radius 1 is 1.43 bits per heavy atom. The van der Waals surface area contributed by atoms with Crippen molar-refractivity contribution in [1.29, 1.82) is 0 Å². The Morgan fingerprint density at radius 2 is 2.14 bits per heavy atom. The molecule has 1 heterocycles. The van der Waals surface area contributed by atoms with Crippen molar-refractivity contribution in [2.45, 2.75) is 25.6 Å². The van der Waals surface area contributed by atoms with Crippen LogP contribution in [-0.2, 0) is 10.9 Å². The Balaban J connectivity index is 2.12. The highest BCUT2D eigenvalue weighted by atomic mass is 19.4. The maximum Gasteiger partial charge on any atom is 0.419 e. The van der Waals surface area contributed by atoms with Crippen molar-refractivity contribution in [2.24, 2.45) is 5.92 Å². The summed E-state index contributed by atoms with van der Waals surface area (Å²) >= 11 is 0. The van der Waals surface area contributed by atoms with Gasteiger partial charge in [-0.15, -0.1) is 0 Å². The summed E-state index contributed by atoms with van der Waals surface area (Å²) in [6.45, 7) is 2.89. The molecular formula is C14H15F4NO2. The van der Waals surface area contributed by atoms with Crippen LogP contribution in [0, 0.1) is 11.7 Å². The van der Waals surface area contributed by atoms with Gasteiger partial charge in [0.25, 0.3) is 5.91 Å². The highest BCUT2D eigenvalue weighted by molar-refractivity contribution is 5.94. The van der Waals surface area contributed by atoms with Gasteiger partial charge in [-0.2, -0.15) is 13.2 Å². The summed E-state index contributed by atoms with van der Waals surface area (Å²) in [4.78, 5) is 12.0. The van der Waals surface area contributed by atoms with Crippen molar-refractivity contribution < 1.29 is 27.1 Å². The summed E-state index contributed by atoms with van der Waals surface area (Å²) in [6, 6.07) is 2.00. The zero-order valence-corrected chi connectivity index (χ0v) is 11.3. The van der Waals surface area contributed by atoms with Gasteiger partial charge in [0.15, 0.2) is 0 Å². The molecule has 1 N–H and O–H groups in total. The summed E-state index contributed by atoms with van der Waals surface area (Å²) in [5.74, 6) is -1.91.